The Kier molecular flexibility index (Phi) is 12.7. The highest BCUT2D eigenvalue weighted by molar-refractivity contribution is 8.18. The van der Waals surface area contributed by atoms with Crippen LogP contribution in [0.2, 0.25) is 20.1 Å². The number of hydrogen-bond donors (Lipinski definition) is 0. The third-order valence-corrected chi connectivity index (χ3v) is 10.2. The summed E-state index contributed by atoms with van der Waals surface area (Å²) in [6.07, 6.45) is 13.8. The van der Waals surface area contributed by atoms with Gasteiger partial charge in [-0.3, -0.25) is 19.7 Å². The minimum absolute atomic E-state index is 0.110. The highest BCUT2D eigenvalue weighted by Crippen LogP contribution is 2.53. The van der Waals surface area contributed by atoms with E-state index >= 15 is 0 Å². The molecule has 8 nitrogen and oxygen atoms in total. The highest BCUT2D eigenvalue weighted by atomic mass is 35.5. The number of amides is 1. The Balaban J connectivity index is 2.30. The van der Waals surface area contributed by atoms with Crippen LogP contribution in [0, 0.1) is 0 Å². The Labute approximate surface area is 269 Å². The van der Waals surface area contributed by atoms with Crippen LogP contribution in [0.15, 0.2) is 48.6 Å². The molecular formula is C27H31Cl4N3O5S2. The van der Waals surface area contributed by atoms with Crippen LogP contribution in [-0.4, -0.2) is 77.9 Å². The first-order valence-corrected chi connectivity index (χ1v) is 16.2. The fraction of sp³-hybridized carbons (Fsp3) is 0.444. The van der Waals surface area contributed by atoms with Gasteiger partial charge in [0, 0.05) is 44.6 Å². The summed E-state index contributed by atoms with van der Waals surface area (Å²) in [4.78, 5) is 23.9. The topological polar surface area (TPSA) is 83.0 Å². The van der Waals surface area contributed by atoms with Crippen LogP contribution in [0.1, 0.15) is 13.8 Å². The Morgan fingerprint density at radius 1 is 0.854 bits per heavy atom. The number of halogens is 4. The second-order valence-corrected chi connectivity index (χ2v) is 13.0. The molecule has 2 heterocycles. The van der Waals surface area contributed by atoms with Crippen LogP contribution in [0.3, 0.4) is 0 Å². The van der Waals surface area contributed by atoms with Crippen LogP contribution in [0.5, 0.6) is 0 Å². The number of rotatable bonds is 13. The number of hydrogen-bond acceptors (Lipinski definition) is 9. The van der Waals surface area contributed by atoms with E-state index in [2.05, 4.69) is 9.97 Å². The molecule has 1 amide bonds. The van der Waals surface area contributed by atoms with E-state index in [1.165, 1.54) is 53.2 Å². The molecule has 2 unspecified atom stereocenters. The van der Waals surface area contributed by atoms with Gasteiger partial charge < -0.3 is 18.9 Å². The van der Waals surface area contributed by atoms with E-state index in [4.69, 9.17) is 65.4 Å². The normalized spacial score (nSPS) is 19.5. The molecule has 2 atom stereocenters. The van der Waals surface area contributed by atoms with E-state index in [1.54, 1.807) is 26.4 Å². The number of aromatic nitrogens is 2. The van der Waals surface area contributed by atoms with E-state index < -0.39 is 28.0 Å². The Morgan fingerprint density at radius 2 is 1.27 bits per heavy atom. The standard InChI is InChI=1S/C27H31Cl4N3O5S2/c1-16(14-36-3)38-26(39-17(2)15-37-4)9-18(7-8-27(26,40-5)41-6)25(35)34(23-19(28)10-32-11-20(23)29)24-21(30)12-33-13-22(24)31/h7-13,16-17H,14-15H2,1-6H3. The zero-order chi connectivity index (χ0) is 30.4. The van der Waals surface area contributed by atoms with Crippen molar-refractivity contribution >= 4 is 87.2 Å². The molecule has 14 heteroatoms. The summed E-state index contributed by atoms with van der Waals surface area (Å²) in [6, 6.07) is 0. The number of carbonyl (C=O) groups is 1. The molecule has 1 aliphatic carbocycles. The van der Waals surface area contributed by atoms with Crippen LogP contribution < -0.4 is 4.90 Å². The lowest BCUT2D eigenvalue weighted by Gasteiger charge is -2.48. The van der Waals surface area contributed by atoms with Crippen molar-refractivity contribution in [2.75, 3.05) is 44.8 Å². The summed E-state index contributed by atoms with van der Waals surface area (Å²) >= 11 is 29.2. The van der Waals surface area contributed by atoms with Gasteiger partial charge in [-0.25, -0.2) is 0 Å². The monoisotopic (exact) mass is 681 g/mol. The smallest absolute Gasteiger partial charge is 0.262 e. The zero-order valence-electron chi connectivity index (χ0n) is 23.3. The van der Waals surface area contributed by atoms with Gasteiger partial charge in [-0.1, -0.05) is 58.6 Å². The lowest BCUT2D eigenvalue weighted by Crippen LogP contribution is -2.56. The molecule has 41 heavy (non-hydrogen) atoms. The Bertz CT molecular complexity index is 1190. The minimum Gasteiger partial charge on any atom is -0.382 e. The molecule has 2 aromatic rings. The largest absolute Gasteiger partial charge is 0.382 e. The van der Waals surface area contributed by atoms with Crippen molar-refractivity contribution in [3.63, 3.8) is 0 Å². The second kappa shape index (κ2) is 15.1. The third-order valence-electron chi connectivity index (χ3n) is 6.03. The number of methoxy groups -OCH3 is 2. The number of nitrogens with zero attached hydrogens (tertiary/aromatic N) is 3. The van der Waals surface area contributed by atoms with Crippen molar-refractivity contribution in [1.29, 1.82) is 0 Å². The number of pyridine rings is 2. The van der Waals surface area contributed by atoms with Gasteiger partial charge in [0.05, 0.1) is 56.9 Å². The fourth-order valence-electron chi connectivity index (χ4n) is 4.38. The van der Waals surface area contributed by atoms with E-state index in [-0.39, 0.29) is 37.0 Å². The summed E-state index contributed by atoms with van der Waals surface area (Å²) in [5.41, 5.74) is 0.514. The zero-order valence-corrected chi connectivity index (χ0v) is 28.0. The van der Waals surface area contributed by atoms with Gasteiger partial charge in [-0.2, -0.15) is 0 Å². The van der Waals surface area contributed by atoms with Crippen molar-refractivity contribution in [3.8, 4) is 0 Å². The van der Waals surface area contributed by atoms with Gasteiger partial charge in [0.1, 0.15) is 4.08 Å². The number of carbonyl (C=O) groups excluding carboxylic acids is 1. The van der Waals surface area contributed by atoms with Crippen molar-refractivity contribution in [1.82, 2.24) is 9.97 Å². The van der Waals surface area contributed by atoms with Crippen LogP contribution >= 0.6 is 69.9 Å². The molecule has 2 aromatic heterocycles. The maximum Gasteiger partial charge on any atom is 0.262 e. The van der Waals surface area contributed by atoms with E-state index in [1.807, 2.05) is 32.4 Å². The Hall–Kier alpha value is -1.05. The van der Waals surface area contributed by atoms with Gasteiger partial charge in [0.15, 0.2) is 0 Å². The van der Waals surface area contributed by atoms with Crippen LogP contribution in [0.4, 0.5) is 11.4 Å². The summed E-state index contributed by atoms with van der Waals surface area (Å²) in [5.74, 6) is -1.98. The van der Waals surface area contributed by atoms with Crippen molar-refractivity contribution < 1.29 is 23.7 Å². The summed E-state index contributed by atoms with van der Waals surface area (Å²) < 4.78 is 23.2. The van der Waals surface area contributed by atoms with Gasteiger partial charge in [-0.05, 0) is 32.4 Å². The molecule has 0 aliphatic heterocycles. The molecule has 0 saturated carbocycles. The second-order valence-electron chi connectivity index (χ2n) is 8.99. The van der Waals surface area contributed by atoms with Gasteiger partial charge in [0.25, 0.3) is 5.91 Å². The number of anilines is 2. The van der Waals surface area contributed by atoms with Crippen molar-refractivity contribution in [2.45, 2.75) is 35.9 Å². The molecule has 0 radical (unpaired) electrons. The summed E-state index contributed by atoms with van der Waals surface area (Å²) in [6.45, 7) is 4.32. The van der Waals surface area contributed by atoms with E-state index in [9.17, 15) is 4.79 Å². The average molecular weight is 684 g/mol. The molecule has 0 bridgehead atoms. The minimum atomic E-state index is -1.44. The first-order valence-electron chi connectivity index (χ1n) is 12.3. The molecular weight excluding hydrogens is 652 g/mol. The molecule has 0 aromatic carbocycles. The SMILES string of the molecule is COCC(C)OC1(OC(C)COC)C=C(C(=O)N(c2c(Cl)cncc2Cl)c2c(Cl)cncc2Cl)C=CC1(SC)SC. The molecule has 1 aliphatic rings. The first kappa shape index (κ1) is 34.4. The lowest BCUT2D eigenvalue weighted by atomic mass is 9.98. The predicted molar refractivity (Wildman–Crippen MR) is 170 cm³/mol. The fourth-order valence-corrected chi connectivity index (χ4v) is 7.40. The first-order chi connectivity index (χ1) is 19.5. The molecule has 0 N–H and O–H groups in total. The number of thioether (sulfide) groups is 2. The number of ether oxygens (including phenoxy) is 4. The lowest BCUT2D eigenvalue weighted by molar-refractivity contribution is -0.254. The summed E-state index contributed by atoms with van der Waals surface area (Å²) in [5, 5.41) is 0.441. The average Bonchev–Trinajstić information content (AvgIpc) is 2.91. The Morgan fingerprint density at radius 3 is 1.63 bits per heavy atom. The van der Waals surface area contributed by atoms with Crippen molar-refractivity contribution in [2.24, 2.45) is 0 Å². The highest BCUT2D eigenvalue weighted by Gasteiger charge is 2.55. The molecule has 0 fully saturated rings. The van der Waals surface area contributed by atoms with Crippen LogP contribution in [-0.2, 0) is 23.7 Å². The molecule has 3 rings (SSSR count). The van der Waals surface area contributed by atoms with Gasteiger partial charge in [0.2, 0.25) is 5.79 Å². The van der Waals surface area contributed by atoms with Crippen molar-refractivity contribution in [3.05, 3.63) is 68.7 Å². The van der Waals surface area contributed by atoms with E-state index in [0.717, 1.165) is 0 Å². The summed E-state index contributed by atoms with van der Waals surface area (Å²) in [7, 11) is 3.18. The van der Waals surface area contributed by atoms with Gasteiger partial charge in [-0.15, -0.1) is 23.5 Å². The molecule has 224 valence electrons. The third kappa shape index (κ3) is 7.37. The molecule has 0 saturated heterocycles. The molecule has 0 spiro atoms. The van der Waals surface area contributed by atoms with Crippen LogP contribution in [0.25, 0.3) is 0 Å². The van der Waals surface area contributed by atoms with E-state index in [0.29, 0.717) is 13.2 Å². The maximum absolute atomic E-state index is 14.6. The quantitative estimate of drug-likeness (QED) is 0.200. The van der Waals surface area contributed by atoms with Gasteiger partial charge >= 0.3 is 0 Å². The maximum atomic E-state index is 14.6. The predicted octanol–water partition coefficient (Wildman–Crippen LogP) is 7.47.